The number of hydrogen-bond acceptors (Lipinski definition) is 8. The summed E-state index contributed by atoms with van der Waals surface area (Å²) in [4.78, 5) is 11.5. The van der Waals surface area contributed by atoms with Gasteiger partial charge in [-0.25, -0.2) is 9.97 Å². The molecule has 0 saturated carbocycles. The quantitative estimate of drug-likeness (QED) is 0.527. The van der Waals surface area contributed by atoms with Crippen LogP contribution in [0.2, 0.25) is 0 Å². The molecule has 3 N–H and O–H groups in total. The first-order valence-electron chi connectivity index (χ1n) is 8.45. The van der Waals surface area contributed by atoms with E-state index in [1.165, 1.54) is 12.3 Å². The lowest BCUT2D eigenvalue weighted by Crippen LogP contribution is -2.22. The normalized spacial score (nSPS) is 11.1. The van der Waals surface area contributed by atoms with E-state index in [9.17, 15) is 13.2 Å². The van der Waals surface area contributed by atoms with Crippen molar-refractivity contribution in [1.29, 1.82) is 5.26 Å². The van der Waals surface area contributed by atoms with Crippen LogP contribution >= 0.6 is 0 Å². The maximum Gasteiger partial charge on any atom is 0.421 e. The summed E-state index contributed by atoms with van der Waals surface area (Å²) in [7, 11) is 1.59. The second-order valence-electron chi connectivity index (χ2n) is 5.65. The van der Waals surface area contributed by atoms with E-state index in [0.717, 1.165) is 6.20 Å². The number of nitrogens with zero attached hydrogens (tertiary/aromatic N) is 4. The van der Waals surface area contributed by atoms with E-state index in [-0.39, 0.29) is 17.5 Å². The molecule has 2 aromatic rings. The third kappa shape index (κ3) is 6.64. The van der Waals surface area contributed by atoms with Crippen LogP contribution in [0.1, 0.15) is 17.7 Å². The second-order valence-corrected chi connectivity index (χ2v) is 5.65. The average Bonchev–Trinajstić information content (AvgIpc) is 2.67. The Balaban J connectivity index is 2.03. The van der Waals surface area contributed by atoms with Gasteiger partial charge in [-0.1, -0.05) is 0 Å². The van der Waals surface area contributed by atoms with Gasteiger partial charge in [0.2, 0.25) is 5.95 Å². The van der Waals surface area contributed by atoms with Gasteiger partial charge >= 0.3 is 6.18 Å². The fraction of sp³-hybridized carbons (Fsp3) is 0.412. The van der Waals surface area contributed by atoms with Crippen molar-refractivity contribution in [3.63, 3.8) is 0 Å². The number of alkyl halides is 3. The van der Waals surface area contributed by atoms with Crippen LogP contribution in [0.4, 0.5) is 30.6 Å². The summed E-state index contributed by atoms with van der Waals surface area (Å²) < 4.78 is 44.5. The first-order chi connectivity index (χ1) is 13.4. The maximum absolute atomic E-state index is 13.2. The fourth-order valence-corrected chi connectivity index (χ4v) is 2.17. The molecule has 0 bridgehead atoms. The highest BCUT2D eigenvalue weighted by Gasteiger charge is 2.35. The third-order valence-electron chi connectivity index (χ3n) is 3.53. The average molecular weight is 395 g/mol. The number of anilines is 3. The van der Waals surface area contributed by atoms with Gasteiger partial charge in [0.25, 0.3) is 0 Å². The van der Waals surface area contributed by atoms with Crippen LogP contribution in [-0.2, 0) is 10.9 Å². The van der Waals surface area contributed by atoms with Crippen molar-refractivity contribution in [3.8, 4) is 6.07 Å². The number of ether oxygens (including phenoxy) is 1. The predicted molar refractivity (Wildman–Crippen MR) is 97.1 cm³/mol. The number of rotatable bonds is 10. The molecule has 0 aliphatic heterocycles. The first kappa shape index (κ1) is 21.3. The number of halogens is 3. The lowest BCUT2D eigenvalue weighted by atomic mass is 10.3. The number of nitrogens with one attached hydrogen (secondary N) is 3. The molecule has 150 valence electrons. The summed E-state index contributed by atoms with van der Waals surface area (Å²) in [5.74, 6) is -0.316. The number of hydrogen-bond donors (Lipinski definition) is 3. The van der Waals surface area contributed by atoms with Crippen molar-refractivity contribution in [1.82, 2.24) is 20.3 Å². The SMILES string of the molecule is COCCNCCCNc1nc(Nc2ccc(C#N)nc2)ncc1C(F)(F)F. The Morgan fingerprint density at radius 2 is 1.96 bits per heavy atom. The van der Waals surface area contributed by atoms with Gasteiger partial charge in [-0.15, -0.1) is 0 Å². The zero-order valence-corrected chi connectivity index (χ0v) is 15.2. The van der Waals surface area contributed by atoms with E-state index < -0.39 is 11.7 Å². The highest BCUT2D eigenvalue weighted by Crippen LogP contribution is 2.34. The molecule has 0 aliphatic carbocycles. The van der Waals surface area contributed by atoms with E-state index in [1.807, 2.05) is 6.07 Å². The Bertz CT molecular complexity index is 791. The van der Waals surface area contributed by atoms with E-state index in [2.05, 4.69) is 30.9 Å². The topological polar surface area (TPSA) is 108 Å². The molecule has 0 unspecified atom stereocenters. The standard InChI is InChI=1S/C17H20F3N7O/c1-28-8-7-22-5-2-6-23-15-14(17(18,19)20)11-25-16(27-15)26-13-4-3-12(9-21)24-10-13/h3-4,10-11,22H,2,5-8H2,1H3,(H2,23,25,26,27). The Labute approximate surface area is 160 Å². The molecular formula is C17H20F3N7O. The van der Waals surface area contributed by atoms with Crippen LogP contribution in [0.5, 0.6) is 0 Å². The molecule has 0 radical (unpaired) electrons. The molecule has 0 spiro atoms. The minimum atomic E-state index is -4.58. The Kier molecular flexibility index (Phi) is 7.91. The van der Waals surface area contributed by atoms with Crippen molar-refractivity contribution in [2.24, 2.45) is 0 Å². The first-order valence-corrected chi connectivity index (χ1v) is 8.45. The van der Waals surface area contributed by atoms with E-state index >= 15 is 0 Å². The minimum Gasteiger partial charge on any atom is -0.383 e. The molecule has 28 heavy (non-hydrogen) atoms. The van der Waals surface area contributed by atoms with Gasteiger partial charge < -0.3 is 20.7 Å². The monoisotopic (exact) mass is 395 g/mol. The van der Waals surface area contributed by atoms with Crippen molar-refractivity contribution in [3.05, 3.63) is 35.8 Å². The molecule has 0 aromatic carbocycles. The van der Waals surface area contributed by atoms with Gasteiger partial charge in [0.15, 0.2) is 0 Å². The molecule has 11 heteroatoms. The van der Waals surface area contributed by atoms with Crippen LogP contribution in [0.25, 0.3) is 0 Å². The number of nitriles is 1. The van der Waals surface area contributed by atoms with Gasteiger partial charge in [-0.3, -0.25) is 0 Å². The lowest BCUT2D eigenvalue weighted by molar-refractivity contribution is -0.137. The zero-order valence-electron chi connectivity index (χ0n) is 15.2. The number of methoxy groups -OCH3 is 1. The van der Waals surface area contributed by atoms with E-state index in [4.69, 9.17) is 10.00 Å². The Hall–Kier alpha value is -2.97. The molecule has 0 atom stereocenters. The molecule has 2 aromatic heterocycles. The molecule has 0 amide bonds. The molecule has 0 aliphatic rings. The maximum atomic E-state index is 13.2. The van der Waals surface area contributed by atoms with Crippen LogP contribution < -0.4 is 16.0 Å². The van der Waals surface area contributed by atoms with Gasteiger partial charge in [0, 0.05) is 26.4 Å². The highest BCUT2D eigenvalue weighted by atomic mass is 19.4. The Morgan fingerprint density at radius 3 is 2.61 bits per heavy atom. The van der Waals surface area contributed by atoms with Crippen molar-refractivity contribution >= 4 is 17.5 Å². The van der Waals surface area contributed by atoms with Gasteiger partial charge in [0.05, 0.1) is 18.5 Å². The van der Waals surface area contributed by atoms with Crippen LogP contribution in [0.15, 0.2) is 24.5 Å². The minimum absolute atomic E-state index is 0.0137. The summed E-state index contributed by atoms with van der Waals surface area (Å²) >= 11 is 0. The van der Waals surface area contributed by atoms with E-state index in [1.54, 1.807) is 13.2 Å². The zero-order chi connectivity index (χ0) is 20.4. The summed E-state index contributed by atoms with van der Waals surface area (Å²) in [5, 5.41) is 17.3. The van der Waals surface area contributed by atoms with Gasteiger partial charge in [0.1, 0.15) is 23.1 Å². The summed E-state index contributed by atoms with van der Waals surface area (Å²) in [5.41, 5.74) is -0.268. The Morgan fingerprint density at radius 1 is 1.14 bits per heavy atom. The molecule has 0 saturated heterocycles. The van der Waals surface area contributed by atoms with Gasteiger partial charge in [-0.05, 0) is 25.1 Å². The highest BCUT2D eigenvalue weighted by molar-refractivity contribution is 5.56. The van der Waals surface area contributed by atoms with Crippen molar-refractivity contribution in [2.45, 2.75) is 12.6 Å². The summed E-state index contributed by atoms with van der Waals surface area (Å²) in [6.45, 7) is 2.17. The third-order valence-corrected chi connectivity index (χ3v) is 3.53. The largest absolute Gasteiger partial charge is 0.421 e. The van der Waals surface area contributed by atoms with Crippen molar-refractivity contribution in [2.75, 3.05) is 44.0 Å². The number of aromatic nitrogens is 3. The summed E-state index contributed by atoms with van der Waals surface area (Å²) in [6, 6.07) is 4.91. The van der Waals surface area contributed by atoms with Gasteiger partial charge in [-0.2, -0.15) is 23.4 Å². The molecular weight excluding hydrogens is 375 g/mol. The smallest absolute Gasteiger partial charge is 0.383 e. The summed E-state index contributed by atoms with van der Waals surface area (Å²) in [6.07, 6.45) is -1.87. The van der Waals surface area contributed by atoms with Crippen molar-refractivity contribution < 1.29 is 17.9 Å². The lowest BCUT2D eigenvalue weighted by Gasteiger charge is -2.15. The fourth-order valence-electron chi connectivity index (χ4n) is 2.17. The van der Waals surface area contributed by atoms with Crippen LogP contribution in [-0.4, -0.2) is 48.3 Å². The molecule has 2 heterocycles. The van der Waals surface area contributed by atoms with Crippen LogP contribution in [0.3, 0.4) is 0 Å². The predicted octanol–water partition coefficient (Wildman–Crippen LogP) is 2.54. The second kappa shape index (κ2) is 10.4. The van der Waals surface area contributed by atoms with Crippen LogP contribution in [0, 0.1) is 11.3 Å². The molecule has 2 rings (SSSR count). The number of pyridine rings is 1. The molecule has 8 nitrogen and oxygen atoms in total. The van der Waals surface area contributed by atoms with E-state index in [0.29, 0.717) is 38.3 Å². The molecule has 0 fully saturated rings.